The topological polar surface area (TPSA) is 92.1 Å². The van der Waals surface area contributed by atoms with Crippen molar-refractivity contribution in [1.82, 2.24) is 4.98 Å². The standard InChI is InChI=1S/C16H12BrN3O3S/c17-10-4-9(6-19-7-10)16(22)23-8-14(21)20-15-12(5-18)11-2-1-3-13(11)24-15/h4,6-7H,1-3,8H2,(H,20,21). The highest BCUT2D eigenvalue weighted by atomic mass is 79.9. The molecule has 3 rings (SSSR count). The number of thiophene rings is 1. The number of nitrogens with zero attached hydrogens (tertiary/aromatic N) is 2. The van der Waals surface area contributed by atoms with Crippen LogP contribution < -0.4 is 5.32 Å². The van der Waals surface area contributed by atoms with E-state index in [4.69, 9.17) is 4.74 Å². The van der Waals surface area contributed by atoms with E-state index in [9.17, 15) is 14.9 Å². The molecule has 2 aromatic heterocycles. The van der Waals surface area contributed by atoms with E-state index in [1.807, 2.05) is 0 Å². The highest BCUT2D eigenvalue weighted by Gasteiger charge is 2.23. The molecule has 8 heteroatoms. The van der Waals surface area contributed by atoms with Gasteiger partial charge >= 0.3 is 5.97 Å². The van der Waals surface area contributed by atoms with Gasteiger partial charge in [0.25, 0.3) is 5.91 Å². The van der Waals surface area contributed by atoms with Gasteiger partial charge in [-0.2, -0.15) is 5.26 Å². The molecule has 0 saturated carbocycles. The first-order valence-corrected chi connectivity index (χ1v) is 8.81. The van der Waals surface area contributed by atoms with Gasteiger partial charge in [-0.15, -0.1) is 11.3 Å². The maximum absolute atomic E-state index is 12.0. The molecule has 24 heavy (non-hydrogen) atoms. The fourth-order valence-electron chi connectivity index (χ4n) is 2.51. The molecule has 1 aliphatic carbocycles. The van der Waals surface area contributed by atoms with E-state index in [0.29, 0.717) is 15.0 Å². The molecule has 0 spiro atoms. The maximum atomic E-state index is 12.0. The Hall–Kier alpha value is -2.24. The number of carbonyl (C=O) groups excluding carboxylic acids is 2. The Morgan fingerprint density at radius 3 is 3.00 bits per heavy atom. The van der Waals surface area contributed by atoms with Gasteiger partial charge in [0.15, 0.2) is 6.61 Å². The summed E-state index contributed by atoms with van der Waals surface area (Å²) in [6.45, 7) is -0.418. The molecule has 122 valence electrons. The highest BCUT2D eigenvalue weighted by Crippen LogP contribution is 2.38. The molecule has 0 atom stereocenters. The van der Waals surface area contributed by atoms with Crippen molar-refractivity contribution < 1.29 is 14.3 Å². The lowest BCUT2D eigenvalue weighted by Gasteiger charge is -2.06. The van der Waals surface area contributed by atoms with E-state index in [1.54, 1.807) is 12.3 Å². The number of carbonyl (C=O) groups is 2. The molecule has 0 saturated heterocycles. The number of hydrogen-bond acceptors (Lipinski definition) is 6. The Morgan fingerprint density at radius 2 is 2.25 bits per heavy atom. The predicted octanol–water partition coefficient (Wildman–Crippen LogP) is 3.06. The largest absolute Gasteiger partial charge is 0.452 e. The minimum atomic E-state index is -0.631. The van der Waals surface area contributed by atoms with Crippen LogP contribution in [0.1, 0.15) is 32.8 Å². The zero-order valence-electron chi connectivity index (χ0n) is 12.5. The number of fused-ring (bicyclic) bond motifs is 1. The number of anilines is 1. The number of hydrogen-bond donors (Lipinski definition) is 1. The van der Waals surface area contributed by atoms with Crippen molar-refractivity contribution in [3.63, 3.8) is 0 Å². The van der Waals surface area contributed by atoms with E-state index < -0.39 is 18.5 Å². The third-order valence-electron chi connectivity index (χ3n) is 3.56. The summed E-state index contributed by atoms with van der Waals surface area (Å²) in [5.41, 5.74) is 1.82. The number of pyridine rings is 1. The molecule has 0 unspecified atom stereocenters. The Kier molecular flexibility index (Phi) is 4.92. The lowest BCUT2D eigenvalue weighted by Crippen LogP contribution is -2.21. The van der Waals surface area contributed by atoms with Crippen LogP contribution in [0.3, 0.4) is 0 Å². The molecule has 6 nitrogen and oxygen atoms in total. The van der Waals surface area contributed by atoms with Gasteiger partial charge in [-0.25, -0.2) is 4.79 Å². The number of ether oxygens (including phenoxy) is 1. The van der Waals surface area contributed by atoms with Crippen LogP contribution in [0.5, 0.6) is 0 Å². The fraction of sp³-hybridized carbons (Fsp3) is 0.250. The molecule has 2 aromatic rings. The number of halogens is 1. The first-order valence-electron chi connectivity index (χ1n) is 7.20. The third kappa shape index (κ3) is 3.47. The van der Waals surface area contributed by atoms with Crippen LogP contribution >= 0.6 is 27.3 Å². The minimum Gasteiger partial charge on any atom is -0.452 e. The number of amides is 1. The van der Waals surface area contributed by atoms with Crippen LogP contribution in [0.25, 0.3) is 0 Å². The van der Waals surface area contributed by atoms with Crippen molar-refractivity contribution in [2.75, 3.05) is 11.9 Å². The quantitative estimate of drug-likeness (QED) is 0.788. The smallest absolute Gasteiger partial charge is 0.340 e. The molecule has 2 heterocycles. The van der Waals surface area contributed by atoms with Gasteiger partial charge in [0.2, 0.25) is 0 Å². The molecular weight excluding hydrogens is 394 g/mol. The van der Waals surface area contributed by atoms with Crippen molar-refractivity contribution in [2.24, 2.45) is 0 Å². The number of nitriles is 1. The van der Waals surface area contributed by atoms with Gasteiger partial charge in [0, 0.05) is 21.7 Å². The van der Waals surface area contributed by atoms with E-state index in [-0.39, 0.29) is 5.56 Å². The lowest BCUT2D eigenvalue weighted by atomic mass is 10.1. The van der Waals surface area contributed by atoms with Gasteiger partial charge < -0.3 is 10.1 Å². The number of aryl methyl sites for hydroxylation is 1. The van der Waals surface area contributed by atoms with Crippen molar-refractivity contribution in [2.45, 2.75) is 19.3 Å². The zero-order valence-corrected chi connectivity index (χ0v) is 14.9. The molecular formula is C16H12BrN3O3S. The first kappa shape index (κ1) is 16.6. The third-order valence-corrected chi connectivity index (χ3v) is 5.20. The van der Waals surface area contributed by atoms with Gasteiger partial charge in [0.05, 0.1) is 11.1 Å². The molecule has 1 N–H and O–H groups in total. The fourth-order valence-corrected chi connectivity index (χ4v) is 4.13. The Labute approximate surface area is 150 Å². The summed E-state index contributed by atoms with van der Waals surface area (Å²) in [7, 11) is 0. The summed E-state index contributed by atoms with van der Waals surface area (Å²) in [6.07, 6.45) is 5.76. The SMILES string of the molecule is N#Cc1c(NC(=O)COC(=O)c2cncc(Br)c2)sc2c1CCC2. The highest BCUT2D eigenvalue weighted by molar-refractivity contribution is 9.10. The van der Waals surface area contributed by atoms with Crippen molar-refractivity contribution >= 4 is 44.1 Å². The zero-order chi connectivity index (χ0) is 17.1. The van der Waals surface area contributed by atoms with Crippen molar-refractivity contribution in [3.8, 4) is 6.07 Å². The molecule has 1 amide bonds. The van der Waals surface area contributed by atoms with E-state index in [1.165, 1.54) is 17.5 Å². The Bertz CT molecular complexity index is 857. The van der Waals surface area contributed by atoms with E-state index >= 15 is 0 Å². The van der Waals surface area contributed by atoms with Gasteiger partial charge in [-0.3, -0.25) is 9.78 Å². The van der Waals surface area contributed by atoms with Crippen molar-refractivity contribution in [1.29, 1.82) is 5.26 Å². The molecule has 0 aromatic carbocycles. The van der Waals surface area contributed by atoms with Gasteiger partial charge in [-0.05, 0) is 46.8 Å². The average molecular weight is 406 g/mol. The molecule has 0 radical (unpaired) electrons. The van der Waals surface area contributed by atoms with E-state index in [2.05, 4.69) is 32.3 Å². The second-order valence-corrected chi connectivity index (χ2v) is 7.21. The Morgan fingerprint density at radius 1 is 1.42 bits per heavy atom. The monoisotopic (exact) mass is 405 g/mol. The average Bonchev–Trinajstić information content (AvgIpc) is 3.13. The number of rotatable bonds is 4. The Balaban J connectivity index is 1.61. The van der Waals surface area contributed by atoms with Gasteiger partial charge in [0.1, 0.15) is 11.1 Å². The predicted molar refractivity (Wildman–Crippen MR) is 91.9 cm³/mol. The maximum Gasteiger partial charge on any atom is 0.340 e. The minimum absolute atomic E-state index is 0.255. The van der Waals surface area contributed by atoms with Crippen molar-refractivity contribution in [3.05, 3.63) is 44.5 Å². The van der Waals surface area contributed by atoms with Crippen LogP contribution in [-0.4, -0.2) is 23.5 Å². The van der Waals surface area contributed by atoms with Crippen LogP contribution in [-0.2, 0) is 22.4 Å². The lowest BCUT2D eigenvalue weighted by molar-refractivity contribution is -0.119. The number of nitrogens with one attached hydrogen (secondary N) is 1. The van der Waals surface area contributed by atoms with Crippen LogP contribution in [0, 0.1) is 11.3 Å². The summed E-state index contributed by atoms with van der Waals surface area (Å²) in [5.74, 6) is -1.10. The summed E-state index contributed by atoms with van der Waals surface area (Å²) >= 11 is 4.64. The number of aromatic nitrogens is 1. The molecule has 0 aliphatic heterocycles. The normalized spacial score (nSPS) is 12.3. The molecule has 1 aliphatic rings. The first-order chi connectivity index (χ1) is 11.6. The summed E-state index contributed by atoms with van der Waals surface area (Å²) < 4.78 is 5.62. The molecule has 0 bridgehead atoms. The summed E-state index contributed by atoms with van der Waals surface area (Å²) in [5, 5.41) is 12.5. The van der Waals surface area contributed by atoms with E-state index in [0.717, 1.165) is 29.7 Å². The van der Waals surface area contributed by atoms with Crippen LogP contribution in [0.4, 0.5) is 5.00 Å². The van der Waals surface area contributed by atoms with Gasteiger partial charge in [-0.1, -0.05) is 0 Å². The van der Waals surface area contributed by atoms with Crippen LogP contribution in [0.15, 0.2) is 22.9 Å². The van der Waals surface area contributed by atoms with Crippen LogP contribution in [0.2, 0.25) is 0 Å². The second kappa shape index (κ2) is 7.11. The molecule has 0 fully saturated rings. The number of esters is 1. The summed E-state index contributed by atoms with van der Waals surface area (Å²) in [4.78, 5) is 28.9. The second-order valence-electron chi connectivity index (χ2n) is 5.19. The summed E-state index contributed by atoms with van der Waals surface area (Å²) in [6, 6.07) is 3.71.